The highest BCUT2D eigenvalue weighted by Gasteiger charge is 2.24. The molecule has 0 aliphatic carbocycles. The summed E-state index contributed by atoms with van der Waals surface area (Å²) >= 11 is 0. The van der Waals surface area contributed by atoms with Gasteiger partial charge in [0, 0.05) is 6.07 Å². The Bertz CT molecular complexity index is 810. The second kappa shape index (κ2) is 5.21. The second-order valence-corrected chi connectivity index (χ2v) is 6.06. The topological polar surface area (TPSA) is 96.6 Å². The number of benzene rings is 1. The Morgan fingerprint density at radius 3 is 2.48 bits per heavy atom. The van der Waals surface area contributed by atoms with Crippen LogP contribution < -0.4 is 4.72 Å². The Hall–Kier alpha value is -2.35. The summed E-state index contributed by atoms with van der Waals surface area (Å²) in [6.45, 7) is 2.88. The molecular formula is C13H12FNO5S. The van der Waals surface area contributed by atoms with Crippen LogP contribution in [0.25, 0.3) is 0 Å². The third-order valence-corrected chi connectivity index (χ3v) is 4.29. The molecule has 8 heteroatoms. The fraction of sp³-hybridized carbons (Fsp3) is 0.154. The first kappa shape index (κ1) is 15.0. The zero-order valence-electron chi connectivity index (χ0n) is 11.2. The minimum Gasteiger partial charge on any atom is -0.475 e. The molecule has 0 bridgehead atoms. The molecule has 0 spiro atoms. The highest BCUT2D eigenvalue weighted by Crippen LogP contribution is 2.23. The van der Waals surface area contributed by atoms with Gasteiger partial charge in [0.2, 0.25) is 5.76 Å². The molecule has 6 nitrogen and oxygen atoms in total. The number of aryl methyl sites for hydroxylation is 2. The third-order valence-electron chi connectivity index (χ3n) is 2.80. The lowest BCUT2D eigenvalue weighted by Crippen LogP contribution is -2.13. The molecule has 0 atom stereocenters. The molecular weight excluding hydrogens is 301 g/mol. The Morgan fingerprint density at radius 1 is 1.29 bits per heavy atom. The number of furan rings is 1. The van der Waals surface area contributed by atoms with E-state index in [-0.39, 0.29) is 16.3 Å². The summed E-state index contributed by atoms with van der Waals surface area (Å²) in [6.07, 6.45) is 0. The smallest absolute Gasteiger partial charge is 0.371 e. The van der Waals surface area contributed by atoms with E-state index in [0.717, 1.165) is 12.1 Å². The third kappa shape index (κ3) is 3.05. The van der Waals surface area contributed by atoms with Gasteiger partial charge in [0.05, 0.1) is 5.69 Å². The SMILES string of the molecule is Cc1ccc(NS(=O)(=O)c2cc(C(=O)O)oc2C)cc1F. The molecule has 0 saturated heterocycles. The van der Waals surface area contributed by atoms with Crippen molar-refractivity contribution in [3.05, 3.63) is 47.2 Å². The summed E-state index contributed by atoms with van der Waals surface area (Å²) in [7, 11) is -4.06. The van der Waals surface area contributed by atoms with Crippen LogP contribution in [0.2, 0.25) is 0 Å². The van der Waals surface area contributed by atoms with Crippen LogP contribution in [-0.4, -0.2) is 19.5 Å². The lowest BCUT2D eigenvalue weighted by Gasteiger charge is -2.07. The summed E-state index contributed by atoms with van der Waals surface area (Å²) < 4.78 is 44.8. The molecule has 112 valence electrons. The quantitative estimate of drug-likeness (QED) is 0.904. The Kier molecular flexibility index (Phi) is 3.73. The molecule has 0 fully saturated rings. The minimum atomic E-state index is -4.06. The van der Waals surface area contributed by atoms with Gasteiger partial charge >= 0.3 is 5.97 Å². The van der Waals surface area contributed by atoms with Crippen molar-refractivity contribution < 1.29 is 27.1 Å². The zero-order valence-corrected chi connectivity index (χ0v) is 12.0. The van der Waals surface area contributed by atoms with Crippen LogP contribution in [0, 0.1) is 19.7 Å². The maximum absolute atomic E-state index is 13.4. The molecule has 2 N–H and O–H groups in total. The zero-order chi connectivity index (χ0) is 15.8. The maximum Gasteiger partial charge on any atom is 0.371 e. The van der Waals surface area contributed by atoms with Gasteiger partial charge in [-0.1, -0.05) is 6.07 Å². The fourth-order valence-electron chi connectivity index (χ4n) is 1.70. The van der Waals surface area contributed by atoms with Gasteiger partial charge in [-0.2, -0.15) is 0 Å². The molecule has 1 heterocycles. The molecule has 2 aromatic rings. The lowest BCUT2D eigenvalue weighted by molar-refractivity contribution is 0.0661. The van der Waals surface area contributed by atoms with Crippen molar-refractivity contribution in [1.82, 2.24) is 0 Å². The minimum absolute atomic E-state index is 0.0376. The fourth-order valence-corrected chi connectivity index (χ4v) is 2.93. The van der Waals surface area contributed by atoms with Crippen LogP contribution in [0.15, 0.2) is 33.6 Å². The number of carboxylic acids is 1. The number of sulfonamides is 1. The number of hydrogen-bond donors (Lipinski definition) is 2. The number of aromatic carboxylic acids is 1. The number of nitrogens with one attached hydrogen (secondary N) is 1. The van der Waals surface area contributed by atoms with Crippen molar-refractivity contribution >= 4 is 21.7 Å². The van der Waals surface area contributed by atoms with E-state index < -0.39 is 27.6 Å². The second-order valence-electron chi connectivity index (χ2n) is 4.41. The molecule has 21 heavy (non-hydrogen) atoms. The van der Waals surface area contributed by atoms with E-state index in [1.165, 1.54) is 19.1 Å². The number of anilines is 1. The van der Waals surface area contributed by atoms with Gasteiger partial charge in [0.1, 0.15) is 16.5 Å². The molecule has 1 aromatic heterocycles. The van der Waals surface area contributed by atoms with Crippen molar-refractivity contribution in [3.8, 4) is 0 Å². The van der Waals surface area contributed by atoms with Gasteiger partial charge in [0.15, 0.2) is 0 Å². The first-order valence-electron chi connectivity index (χ1n) is 5.83. The van der Waals surface area contributed by atoms with Gasteiger partial charge in [-0.15, -0.1) is 0 Å². The molecule has 2 rings (SSSR count). The number of carbonyl (C=O) groups is 1. The molecule has 0 saturated carbocycles. The monoisotopic (exact) mass is 313 g/mol. The number of rotatable bonds is 4. The predicted molar refractivity (Wildman–Crippen MR) is 72.3 cm³/mol. The van der Waals surface area contributed by atoms with Crippen LogP contribution in [0.1, 0.15) is 21.9 Å². The Morgan fingerprint density at radius 2 is 1.95 bits per heavy atom. The first-order chi connectivity index (χ1) is 9.70. The standard InChI is InChI=1S/C13H12FNO5S/c1-7-3-4-9(5-10(7)14)15-21(18,19)12-6-11(13(16)17)20-8(12)2/h3-6,15H,1-2H3,(H,16,17). The molecule has 0 unspecified atom stereocenters. The van der Waals surface area contributed by atoms with Gasteiger partial charge < -0.3 is 9.52 Å². The maximum atomic E-state index is 13.4. The average molecular weight is 313 g/mol. The van der Waals surface area contributed by atoms with Crippen LogP contribution in [0.3, 0.4) is 0 Å². The van der Waals surface area contributed by atoms with Crippen LogP contribution in [0.4, 0.5) is 10.1 Å². The van der Waals surface area contributed by atoms with E-state index in [0.29, 0.717) is 5.56 Å². The number of hydrogen-bond acceptors (Lipinski definition) is 4. The van der Waals surface area contributed by atoms with E-state index >= 15 is 0 Å². The van der Waals surface area contributed by atoms with Crippen molar-refractivity contribution in [2.45, 2.75) is 18.7 Å². The summed E-state index contributed by atoms with van der Waals surface area (Å²) in [5.74, 6) is -2.47. The first-order valence-corrected chi connectivity index (χ1v) is 7.32. The Labute approximate surface area is 120 Å². The summed E-state index contributed by atoms with van der Waals surface area (Å²) in [6, 6.07) is 4.78. The number of carboxylic acid groups (broad SMARTS) is 1. The summed E-state index contributed by atoms with van der Waals surface area (Å²) in [4.78, 5) is 10.5. The summed E-state index contributed by atoms with van der Waals surface area (Å²) in [5, 5.41) is 8.79. The van der Waals surface area contributed by atoms with Gasteiger partial charge in [0.25, 0.3) is 10.0 Å². The van der Waals surface area contributed by atoms with Crippen molar-refractivity contribution in [2.75, 3.05) is 4.72 Å². The van der Waals surface area contributed by atoms with Gasteiger partial charge in [-0.25, -0.2) is 17.6 Å². The van der Waals surface area contributed by atoms with E-state index in [1.807, 2.05) is 0 Å². The van der Waals surface area contributed by atoms with Crippen molar-refractivity contribution in [1.29, 1.82) is 0 Å². The highest BCUT2D eigenvalue weighted by atomic mass is 32.2. The van der Waals surface area contributed by atoms with Gasteiger partial charge in [-0.3, -0.25) is 4.72 Å². The predicted octanol–water partition coefficient (Wildman–Crippen LogP) is 2.53. The lowest BCUT2D eigenvalue weighted by atomic mass is 10.2. The highest BCUT2D eigenvalue weighted by molar-refractivity contribution is 7.92. The van der Waals surface area contributed by atoms with Crippen LogP contribution >= 0.6 is 0 Å². The van der Waals surface area contributed by atoms with E-state index in [9.17, 15) is 17.6 Å². The van der Waals surface area contributed by atoms with E-state index in [2.05, 4.69) is 4.72 Å². The molecule has 0 aliphatic rings. The normalized spacial score (nSPS) is 11.4. The van der Waals surface area contributed by atoms with Crippen LogP contribution in [0.5, 0.6) is 0 Å². The van der Waals surface area contributed by atoms with Crippen molar-refractivity contribution in [2.24, 2.45) is 0 Å². The Balaban J connectivity index is 2.38. The number of halogens is 1. The van der Waals surface area contributed by atoms with Gasteiger partial charge in [-0.05, 0) is 31.5 Å². The van der Waals surface area contributed by atoms with E-state index in [1.54, 1.807) is 6.92 Å². The van der Waals surface area contributed by atoms with Crippen LogP contribution in [-0.2, 0) is 10.0 Å². The molecule has 0 amide bonds. The summed E-state index contributed by atoms with van der Waals surface area (Å²) in [5.41, 5.74) is 0.418. The van der Waals surface area contributed by atoms with E-state index in [4.69, 9.17) is 9.52 Å². The molecule has 0 radical (unpaired) electrons. The average Bonchev–Trinajstić information content (AvgIpc) is 2.77. The largest absolute Gasteiger partial charge is 0.475 e. The molecule has 1 aromatic carbocycles. The molecule has 0 aliphatic heterocycles. The van der Waals surface area contributed by atoms with Crippen molar-refractivity contribution in [3.63, 3.8) is 0 Å².